The smallest absolute Gasteiger partial charge is 0.341 e. The molecule has 0 radical (unpaired) electrons. The first-order chi connectivity index (χ1) is 11.7. The van der Waals surface area contributed by atoms with Crippen LogP contribution in [-0.2, 0) is 16.4 Å². The Hall–Kier alpha value is -2.28. The Bertz CT molecular complexity index is 958. The summed E-state index contributed by atoms with van der Waals surface area (Å²) < 4.78 is 67.4. The van der Waals surface area contributed by atoms with Crippen LogP contribution in [0.4, 0.5) is 18.9 Å². The predicted molar refractivity (Wildman–Crippen MR) is 83.3 cm³/mol. The number of ether oxygens (including phenoxy) is 1. The molecule has 1 N–H and O–H groups in total. The summed E-state index contributed by atoms with van der Waals surface area (Å²) >= 11 is 5.94. The Morgan fingerprint density at radius 1 is 1.28 bits per heavy atom. The number of sulfone groups is 1. The van der Waals surface area contributed by atoms with Gasteiger partial charge in [-0.1, -0.05) is 11.6 Å². The molecule has 0 spiro atoms. The first kappa shape index (κ1) is 19.1. The van der Waals surface area contributed by atoms with E-state index in [0.29, 0.717) is 0 Å². The fourth-order valence-corrected chi connectivity index (χ4v) is 3.25. The average Bonchev–Trinajstić information content (AvgIpc) is 2.55. The number of hydrogen-bond donors (Lipinski definition) is 1. The Labute approximate surface area is 146 Å². The Morgan fingerprint density at radius 3 is 2.52 bits per heavy atom. The van der Waals surface area contributed by atoms with E-state index in [1.807, 2.05) is 0 Å². The quantitative estimate of drug-likeness (QED) is 0.771. The van der Waals surface area contributed by atoms with Crippen LogP contribution in [0.15, 0.2) is 35.2 Å². The number of halogens is 4. The number of benzene rings is 2. The number of aliphatic hydroxyl groups excluding tert-OH is 1. The summed E-state index contributed by atoms with van der Waals surface area (Å²) in [7, 11) is -4.98. The van der Waals surface area contributed by atoms with Gasteiger partial charge in [-0.3, -0.25) is 0 Å². The third-order valence-corrected chi connectivity index (χ3v) is 4.96. The summed E-state index contributed by atoms with van der Waals surface area (Å²) in [4.78, 5) is 2.22. The van der Waals surface area contributed by atoms with Crippen LogP contribution in [0, 0.1) is 12.4 Å². The van der Waals surface area contributed by atoms with Crippen molar-refractivity contribution in [3.8, 4) is 11.5 Å². The van der Waals surface area contributed by atoms with E-state index in [1.165, 1.54) is 6.07 Å². The van der Waals surface area contributed by atoms with Crippen LogP contribution in [0.3, 0.4) is 0 Å². The standard InChI is InChI=1S/C15H9ClF3NO4S/c1-20-9-4-8(17)5-10(6-9)24-12-2-3-13(11(7-21)14(12)16)25(22,23)15(18)19/h2-6,15,21H,7H2. The van der Waals surface area contributed by atoms with Crippen LogP contribution in [0.25, 0.3) is 4.85 Å². The summed E-state index contributed by atoms with van der Waals surface area (Å²) in [6, 6.07) is 4.93. The zero-order valence-corrected chi connectivity index (χ0v) is 13.8. The highest BCUT2D eigenvalue weighted by molar-refractivity contribution is 7.91. The molecule has 0 aliphatic carbocycles. The van der Waals surface area contributed by atoms with E-state index in [4.69, 9.17) is 22.9 Å². The highest BCUT2D eigenvalue weighted by Crippen LogP contribution is 2.38. The molecule has 0 bridgehead atoms. The second-order valence-corrected chi connectivity index (χ2v) is 6.94. The average molecular weight is 392 g/mol. The van der Waals surface area contributed by atoms with Gasteiger partial charge in [0.05, 0.1) is 23.1 Å². The van der Waals surface area contributed by atoms with Gasteiger partial charge in [0.25, 0.3) is 0 Å². The fourth-order valence-electron chi connectivity index (χ4n) is 1.97. The van der Waals surface area contributed by atoms with E-state index in [9.17, 15) is 26.7 Å². The van der Waals surface area contributed by atoms with Gasteiger partial charge in [-0.25, -0.2) is 17.7 Å². The van der Waals surface area contributed by atoms with Crippen molar-refractivity contribution in [1.82, 2.24) is 0 Å². The highest BCUT2D eigenvalue weighted by Gasteiger charge is 2.31. The van der Waals surface area contributed by atoms with Gasteiger partial charge in [0, 0.05) is 11.6 Å². The molecule has 25 heavy (non-hydrogen) atoms. The van der Waals surface area contributed by atoms with E-state index >= 15 is 0 Å². The first-order valence-corrected chi connectivity index (χ1v) is 8.43. The summed E-state index contributed by atoms with van der Waals surface area (Å²) in [6.45, 7) is 5.93. The second kappa shape index (κ2) is 7.31. The molecular formula is C15H9ClF3NO4S. The van der Waals surface area contributed by atoms with Crippen LogP contribution in [-0.4, -0.2) is 19.3 Å². The topological polar surface area (TPSA) is 68.0 Å². The van der Waals surface area contributed by atoms with Gasteiger partial charge >= 0.3 is 5.76 Å². The third kappa shape index (κ3) is 3.87. The van der Waals surface area contributed by atoms with Crippen molar-refractivity contribution in [3.05, 3.63) is 58.2 Å². The number of nitrogens with zero attached hydrogens (tertiary/aromatic N) is 1. The molecule has 132 valence electrons. The van der Waals surface area contributed by atoms with E-state index in [0.717, 1.165) is 24.3 Å². The molecule has 0 amide bonds. The zero-order chi connectivity index (χ0) is 18.8. The molecule has 0 saturated carbocycles. The SMILES string of the molecule is [C-]#[N+]c1cc(F)cc(Oc2ccc(S(=O)(=O)C(F)F)c(CO)c2Cl)c1. The maximum atomic E-state index is 13.4. The minimum atomic E-state index is -4.98. The summed E-state index contributed by atoms with van der Waals surface area (Å²) in [5, 5.41) is 8.89. The largest absolute Gasteiger partial charge is 0.457 e. The van der Waals surface area contributed by atoms with Crippen LogP contribution >= 0.6 is 11.6 Å². The van der Waals surface area contributed by atoms with Gasteiger partial charge in [0.1, 0.15) is 17.3 Å². The summed E-state index contributed by atoms with van der Waals surface area (Å²) in [5.41, 5.74) is -0.522. The lowest BCUT2D eigenvalue weighted by Crippen LogP contribution is -2.14. The van der Waals surface area contributed by atoms with Crippen LogP contribution < -0.4 is 4.74 Å². The second-order valence-electron chi connectivity index (χ2n) is 4.68. The Kier molecular flexibility index (Phi) is 5.57. The molecule has 0 aromatic heterocycles. The minimum Gasteiger partial charge on any atom is -0.457 e. The predicted octanol–water partition coefficient (Wildman–Crippen LogP) is 4.31. The van der Waals surface area contributed by atoms with Gasteiger partial charge in [-0.2, -0.15) is 8.78 Å². The first-order valence-electron chi connectivity index (χ1n) is 6.51. The fraction of sp³-hybridized carbons (Fsp3) is 0.133. The molecule has 0 aliphatic heterocycles. The van der Waals surface area contributed by atoms with Crippen molar-refractivity contribution < 1.29 is 31.4 Å². The molecule has 2 rings (SSSR count). The van der Waals surface area contributed by atoms with Crippen molar-refractivity contribution in [2.75, 3.05) is 0 Å². The van der Waals surface area contributed by atoms with Gasteiger partial charge in [-0.05, 0) is 24.3 Å². The maximum absolute atomic E-state index is 13.4. The van der Waals surface area contributed by atoms with Gasteiger partial charge in [0.2, 0.25) is 9.84 Å². The van der Waals surface area contributed by atoms with Gasteiger partial charge in [0.15, 0.2) is 5.69 Å². The molecule has 5 nitrogen and oxygen atoms in total. The normalized spacial score (nSPS) is 11.4. The van der Waals surface area contributed by atoms with E-state index in [-0.39, 0.29) is 17.2 Å². The molecule has 0 heterocycles. The number of rotatable bonds is 5. The zero-order valence-electron chi connectivity index (χ0n) is 12.2. The maximum Gasteiger partial charge on any atom is 0.341 e. The molecule has 0 aliphatic rings. The van der Waals surface area contributed by atoms with Gasteiger partial charge in [-0.15, -0.1) is 0 Å². The molecule has 0 unspecified atom stereocenters. The summed E-state index contributed by atoms with van der Waals surface area (Å²) in [5.74, 6) is -4.74. The van der Waals surface area contributed by atoms with Crippen molar-refractivity contribution in [2.24, 2.45) is 0 Å². The summed E-state index contributed by atoms with van der Waals surface area (Å²) in [6.07, 6.45) is 0. The highest BCUT2D eigenvalue weighted by atomic mass is 35.5. The van der Waals surface area contributed by atoms with E-state index < -0.39 is 43.5 Å². The third-order valence-electron chi connectivity index (χ3n) is 3.08. The van der Waals surface area contributed by atoms with Gasteiger partial charge < -0.3 is 9.84 Å². The lowest BCUT2D eigenvalue weighted by molar-refractivity contribution is 0.233. The Morgan fingerprint density at radius 2 is 1.96 bits per heavy atom. The van der Waals surface area contributed by atoms with Crippen LogP contribution in [0.1, 0.15) is 5.56 Å². The van der Waals surface area contributed by atoms with E-state index in [1.54, 1.807) is 0 Å². The van der Waals surface area contributed by atoms with Crippen molar-refractivity contribution in [3.63, 3.8) is 0 Å². The molecule has 0 saturated heterocycles. The van der Waals surface area contributed by atoms with Crippen LogP contribution in [0.5, 0.6) is 11.5 Å². The van der Waals surface area contributed by atoms with Crippen molar-refractivity contribution in [1.29, 1.82) is 0 Å². The lowest BCUT2D eigenvalue weighted by atomic mass is 10.2. The monoisotopic (exact) mass is 391 g/mol. The molecule has 0 fully saturated rings. The Balaban J connectivity index is 2.52. The molecular weight excluding hydrogens is 383 g/mol. The molecule has 0 atom stereocenters. The number of alkyl halides is 2. The van der Waals surface area contributed by atoms with E-state index in [2.05, 4.69) is 4.85 Å². The van der Waals surface area contributed by atoms with Crippen molar-refractivity contribution >= 4 is 27.1 Å². The molecule has 2 aromatic rings. The minimum absolute atomic E-state index is 0.0506. The molecule has 2 aromatic carbocycles. The lowest BCUT2D eigenvalue weighted by Gasteiger charge is -2.14. The molecule has 10 heteroatoms. The number of hydrogen-bond acceptors (Lipinski definition) is 4. The number of aliphatic hydroxyl groups is 1. The van der Waals surface area contributed by atoms with Crippen molar-refractivity contribution in [2.45, 2.75) is 17.3 Å². The van der Waals surface area contributed by atoms with Crippen LogP contribution in [0.2, 0.25) is 5.02 Å².